The standard InChI is InChI=1S/C17H13ClFN5O3/c1-10(16(25)21-14-7-6-11(19)8-13(14)18)27-17(26)12-4-2-3-5-15(12)24-9-20-22-23-24/h2-10H,1H3,(H,21,25)/t10-/m1/s1. The summed E-state index contributed by atoms with van der Waals surface area (Å²) in [4.78, 5) is 24.7. The molecule has 0 aliphatic carbocycles. The van der Waals surface area contributed by atoms with Crippen LogP contribution in [0.5, 0.6) is 0 Å². The number of halogens is 2. The van der Waals surface area contributed by atoms with Crippen molar-refractivity contribution in [3.63, 3.8) is 0 Å². The molecule has 3 aromatic rings. The number of nitrogens with zero attached hydrogens (tertiary/aromatic N) is 4. The third kappa shape index (κ3) is 4.26. The molecule has 0 saturated carbocycles. The summed E-state index contributed by atoms with van der Waals surface area (Å²) in [5, 5.41) is 13.3. The minimum Gasteiger partial charge on any atom is -0.449 e. The quantitative estimate of drug-likeness (QED) is 0.673. The van der Waals surface area contributed by atoms with Crippen molar-refractivity contribution in [3.8, 4) is 5.69 Å². The first kappa shape index (κ1) is 18.5. The Labute approximate surface area is 157 Å². The molecule has 138 valence electrons. The molecule has 1 amide bonds. The summed E-state index contributed by atoms with van der Waals surface area (Å²) in [7, 11) is 0. The van der Waals surface area contributed by atoms with Crippen molar-refractivity contribution < 1.29 is 18.7 Å². The number of nitrogens with one attached hydrogen (secondary N) is 1. The van der Waals surface area contributed by atoms with Crippen molar-refractivity contribution in [1.29, 1.82) is 0 Å². The van der Waals surface area contributed by atoms with E-state index in [1.165, 1.54) is 30.1 Å². The maximum Gasteiger partial charge on any atom is 0.341 e. The minimum atomic E-state index is -1.12. The van der Waals surface area contributed by atoms with Crippen LogP contribution in [0.2, 0.25) is 5.02 Å². The summed E-state index contributed by atoms with van der Waals surface area (Å²) >= 11 is 5.87. The topological polar surface area (TPSA) is 99.0 Å². The van der Waals surface area contributed by atoms with Gasteiger partial charge >= 0.3 is 5.97 Å². The summed E-state index contributed by atoms with van der Waals surface area (Å²) in [5.74, 6) is -1.87. The molecule has 10 heteroatoms. The van der Waals surface area contributed by atoms with E-state index in [9.17, 15) is 14.0 Å². The molecule has 1 aromatic heterocycles. The third-order valence-corrected chi connectivity index (χ3v) is 3.87. The Kier molecular flexibility index (Phi) is 5.41. The number of tetrazole rings is 1. The highest BCUT2D eigenvalue weighted by atomic mass is 35.5. The van der Waals surface area contributed by atoms with E-state index in [-0.39, 0.29) is 16.3 Å². The van der Waals surface area contributed by atoms with Crippen molar-refractivity contribution in [1.82, 2.24) is 20.2 Å². The second kappa shape index (κ2) is 7.92. The third-order valence-electron chi connectivity index (χ3n) is 3.56. The predicted octanol–water partition coefficient (Wildman–Crippen LogP) is 2.64. The Morgan fingerprint density at radius 1 is 1.26 bits per heavy atom. The second-order valence-electron chi connectivity index (χ2n) is 5.43. The fraction of sp³-hybridized carbons (Fsp3) is 0.118. The van der Waals surface area contributed by atoms with Crippen LogP contribution in [0.4, 0.5) is 10.1 Å². The van der Waals surface area contributed by atoms with Crippen LogP contribution in [-0.2, 0) is 9.53 Å². The fourth-order valence-corrected chi connectivity index (χ4v) is 2.43. The van der Waals surface area contributed by atoms with Crippen LogP contribution in [0.3, 0.4) is 0 Å². The molecule has 1 atom stereocenters. The number of para-hydroxylation sites is 1. The number of ether oxygens (including phenoxy) is 1. The van der Waals surface area contributed by atoms with Crippen molar-refractivity contribution >= 4 is 29.2 Å². The Bertz CT molecular complexity index is 980. The number of aromatic nitrogens is 4. The zero-order valence-electron chi connectivity index (χ0n) is 14.0. The number of anilines is 1. The van der Waals surface area contributed by atoms with E-state index in [0.717, 1.165) is 12.1 Å². The zero-order valence-corrected chi connectivity index (χ0v) is 14.7. The van der Waals surface area contributed by atoms with Crippen LogP contribution in [-0.4, -0.2) is 38.2 Å². The normalized spacial score (nSPS) is 11.7. The van der Waals surface area contributed by atoms with Crippen molar-refractivity contribution in [2.45, 2.75) is 13.0 Å². The molecule has 8 nitrogen and oxygen atoms in total. The maximum absolute atomic E-state index is 13.1. The van der Waals surface area contributed by atoms with Gasteiger partial charge in [0.25, 0.3) is 5.91 Å². The summed E-state index contributed by atoms with van der Waals surface area (Å²) in [6.07, 6.45) is 0.208. The summed E-state index contributed by atoms with van der Waals surface area (Å²) in [6.45, 7) is 1.41. The van der Waals surface area contributed by atoms with E-state index in [1.807, 2.05) is 0 Å². The second-order valence-corrected chi connectivity index (χ2v) is 5.84. The molecule has 0 aliphatic rings. The molecule has 0 saturated heterocycles. The summed E-state index contributed by atoms with van der Waals surface area (Å²) in [5.41, 5.74) is 0.797. The average Bonchev–Trinajstić information content (AvgIpc) is 3.18. The van der Waals surface area contributed by atoms with Crippen LogP contribution in [0.1, 0.15) is 17.3 Å². The van der Waals surface area contributed by atoms with E-state index in [0.29, 0.717) is 5.69 Å². The molecule has 27 heavy (non-hydrogen) atoms. The number of carbonyl (C=O) groups is 2. The molecule has 0 aliphatic heterocycles. The Hall–Kier alpha value is -3.33. The fourth-order valence-electron chi connectivity index (χ4n) is 2.22. The highest BCUT2D eigenvalue weighted by molar-refractivity contribution is 6.33. The molecule has 1 heterocycles. The molecule has 0 fully saturated rings. The lowest BCUT2D eigenvalue weighted by atomic mass is 10.2. The first-order valence-corrected chi connectivity index (χ1v) is 8.13. The van der Waals surface area contributed by atoms with Gasteiger partial charge in [0.05, 0.1) is 22.0 Å². The highest BCUT2D eigenvalue weighted by Crippen LogP contribution is 2.23. The number of esters is 1. The Morgan fingerprint density at radius 3 is 2.74 bits per heavy atom. The molecular formula is C17H13ClFN5O3. The van der Waals surface area contributed by atoms with Gasteiger partial charge in [-0.2, -0.15) is 4.68 Å². The van der Waals surface area contributed by atoms with Crippen LogP contribution in [0.25, 0.3) is 5.69 Å². The molecule has 3 rings (SSSR count). The smallest absolute Gasteiger partial charge is 0.341 e. The molecule has 1 N–H and O–H groups in total. The molecule has 0 bridgehead atoms. The van der Waals surface area contributed by atoms with Gasteiger partial charge in [-0.15, -0.1) is 5.10 Å². The van der Waals surface area contributed by atoms with E-state index in [1.54, 1.807) is 18.2 Å². The highest BCUT2D eigenvalue weighted by Gasteiger charge is 2.22. The van der Waals surface area contributed by atoms with Crippen molar-refractivity contribution in [3.05, 3.63) is 65.2 Å². The number of hydrogen-bond acceptors (Lipinski definition) is 6. The van der Waals surface area contributed by atoms with E-state index < -0.39 is 23.8 Å². The van der Waals surface area contributed by atoms with Crippen LogP contribution in [0, 0.1) is 5.82 Å². The first-order chi connectivity index (χ1) is 13.0. The van der Waals surface area contributed by atoms with E-state index in [4.69, 9.17) is 16.3 Å². The first-order valence-electron chi connectivity index (χ1n) is 7.75. The Morgan fingerprint density at radius 2 is 2.04 bits per heavy atom. The van der Waals surface area contributed by atoms with Gasteiger partial charge in [0.1, 0.15) is 12.1 Å². The van der Waals surface area contributed by atoms with Crippen LogP contribution < -0.4 is 5.32 Å². The number of benzene rings is 2. The zero-order chi connectivity index (χ0) is 19.4. The largest absolute Gasteiger partial charge is 0.449 e. The lowest BCUT2D eigenvalue weighted by molar-refractivity contribution is -0.123. The van der Waals surface area contributed by atoms with Gasteiger partial charge in [-0.25, -0.2) is 9.18 Å². The van der Waals surface area contributed by atoms with Gasteiger partial charge in [0, 0.05) is 0 Å². The average molecular weight is 390 g/mol. The molecule has 0 unspecified atom stereocenters. The van der Waals surface area contributed by atoms with Crippen LogP contribution >= 0.6 is 11.6 Å². The Balaban J connectivity index is 1.72. The van der Waals surface area contributed by atoms with Gasteiger partial charge < -0.3 is 10.1 Å². The van der Waals surface area contributed by atoms with Crippen molar-refractivity contribution in [2.24, 2.45) is 0 Å². The predicted molar refractivity (Wildman–Crippen MR) is 94.1 cm³/mol. The van der Waals surface area contributed by atoms with Crippen LogP contribution in [0.15, 0.2) is 48.8 Å². The van der Waals surface area contributed by atoms with Gasteiger partial charge in [0.2, 0.25) is 0 Å². The lowest BCUT2D eigenvalue weighted by Crippen LogP contribution is -2.30. The van der Waals surface area contributed by atoms with Gasteiger partial charge in [-0.3, -0.25) is 4.79 Å². The SMILES string of the molecule is C[C@@H](OC(=O)c1ccccc1-n1cnnn1)C(=O)Nc1ccc(F)cc1Cl. The monoisotopic (exact) mass is 389 g/mol. The van der Waals surface area contributed by atoms with Crippen molar-refractivity contribution in [2.75, 3.05) is 5.32 Å². The number of rotatable bonds is 5. The summed E-state index contributed by atoms with van der Waals surface area (Å²) in [6, 6.07) is 10.1. The minimum absolute atomic E-state index is 0.0332. The summed E-state index contributed by atoms with van der Waals surface area (Å²) < 4.78 is 19.6. The van der Waals surface area contributed by atoms with Gasteiger partial charge in [-0.05, 0) is 47.7 Å². The van der Waals surface area contributed by atoms with Gasteiger partial charge in [-0.1, -0.05) is 23.7 Å². The number of amides is 1. The van der Waals surface area contributed by atoms with Gasteiger partial charge in [0.15, 0.2) is 6.10 Å². The number of carbonyl (C=O) groups excluding carboxylic acids is 2. The maximum atomic E-state index is 13.1. The molecule has 0 spiro atoms. The molecule has 0 radical (unpaired) electrons. The number of hydrogen-bond donors (Lipinski definition) is 1. The molecular weight excluding hydrogens is 377 g/mol. The van der Waals surface area contributed by atoms with E-state index >= 15 is 0 Å². The lowest BCUT2D eigenvalue weighted by Gasteiger charge is -2.15. The molecule has 2 aromatic carbocycles. The van der Waals surface area contributed by atoms with E-state index in [2.05, 4.69) is 20.8 Å².